The number of benzene rings is 1. The van der Waals surface area contributed by atoms with Crippen molar-refractivity contribution >= 4 is 17.7 Å². The first-order chi connectivity index (χ1) is 15.4. The van der Waals surface area contributed by atoms with Gasteiger partial charge >= 0.3 is 0 Å². The molecule has 0 saturated carbocycles. The molecule has 0 radical (unpaired) electrons. The van der Waals surface area contributed by atoms with E-state index in [0.717, 1.165) is 0 Å². The van der Waals surface area contributed by atoms with Crippen LogP contribution in [0.5, 0.6) is 0 Å². The first-order valence-electron chi connectivity index (χ1n) is 10.5. The number of anilines is 2. The predicted octanol–water partition coefficient (Wildman–Crippen LogP) is 2.12. The normalized spacial score (nSPS) is 13.9. The summed E-state index contributed by atoms with van der Waals surface area (Å²) >= 11 is 0. The van der Waals surface area contributed by atoms with E-state index < -0.39 is 0 Å². The lowest BCUT2D eigenvalue weighted by Crippen LogP contribution is -2.38. The number of halogens is 1. The zero-order chi connectivity index (χ0) is 22.7. The molecular formula is C22H25FN6O3. The highest BCUT2D eigenvalue weighted by molar-refractivity contribution is 5.90. The number of hydrogen-bond donors (Lipinski definition) is 2. The number of aromatic nitrogens is 4. The average molecular weight is 440 g/mol. The average Bonchev–Trinajstić information content (AvgIpc) is 3.14. The van der Waals surface area contributed by atoms with Gasteiger partial charge in [0.15, 0.2) is 0 Å². The molecule has 0 spiro atoms. The number of amides is 1. The SMILES string of the molecule is Cc1cc(NC(=O)CCc2c(C)nc(N3CCOCC3)[nH]c2=O)n(-c2ccc(F)cc2)n1. The predicted molar refractivity (Wildman–Crippen MR) is 118 cm³/mol. The number of ether oxygens (including phenoxy) is 1. The van der Waals surface area contributed by atoms with Gasteiger partial charge in [0.25, 0.3) is 5.56 Å². The third-order valence-corrected chi connectivity index (χ3v) is 5.29. The summed E-state index contributed by atoms with van der Waals surface area (Å²) in [5.74, 6) is 0.398. The van der Waals surface area contributed by atoms with E-state index in [1.54, 1.807) is 36.7 Å². The first-order valence-corrected chi connectivity index (χ1v) is 10.5. The second kappa shape index (κ2) is 9.31. The minimum Gasteiger partial charge on any atom is -0.378 e. The molecule has 2 aromatic heterocycles. The Morgan fingerprint density at radius 2 is 1.94 bits per heavy atom. The summed E-state index contributed by atoms with van der Waals surface area (Å²) in [6.07, 6.45) is 0.364. The Balaban J connectivity index is 1.44. The highest BCUT2D eigenvalue weighted by Gasteiger charge is 2.17. The van der Waals surface area contributed by atoms with Gasteiger partial charge in [-0.05, 0) is 44.5 Å². The van der Waals surface area contributed by atoms with Gasteiger partial charge in [0.05, 0.1) is 24.6 Å². The van der Waals surface area contributed by atoms with E-state index in [1.807, 2.05) is 4.90 Å². The third kappa shape index (κ3) is 4.86. The standard InChI is InChI=1S/C22H25FN6O3/c1-14-13-19(29(27-14)17-5-3-16(23)4-6-17)25-20(30)8-7-18-15(2)24-22(26-21(18)31)28-9-11-32-12-10-28/h3-6,13H,7-12H2,1-2H3,(H,25,30)(H,24,26,31). The molecule has 9 nitrogen and oxygen atoms in total. The van der Waals surface area contributed by atoms with Crippen molar-refractivity contribution in [3.05, 3.63) is 63.5 Å². The maximum atomic E-state index is 13.2. The molecule has 0 atom stereocenters. The lowest BCUT2D eigenvalue weighted by Gasteiger charge is -2.27. The highest BCUT2D eigenvalue weighted by Crippen LogP contribution is 2.18. The van der Waals surface area contributed by atoms with E-state index in [-0.39, 0.29) is 30.1 Å². The van der Waals surface area contributed by atoms with Crippen LogP contribution in [0.2, 0.25) is 0 Å². The summed E-state index contributed by atoms with van der Waals surface area (Å²) in [5, 5.41) is 7.19. The minimum atomic E-state index is -0.350. The van der Waals surface area contributed by atoms with E-state index in [1.165, 1.54) is 12.1 Å². The van der Waals surface area contributed by atoms with Crippen LogP contribution in [0.15, 0.2) is 35.1 Å². The van der Waals surface area contributed by atoms with Gasteiger partial charge in [-0.25, -0.2) is 14.1 Å². The van der Waals surface area contributed by atoms with Crippen LogP contribution < -0.4 is 15.8 Å². The molecule has 0 unspecified atom stereocenters. The van der Waals surface area contributed by atoms with Gasteiger partial charge < -0.3 is 15.0 Å². The van der Waals surface area contributed by atoms with Crippen LogP contribution in [0, 0.1) is 19.7 Å². The molecule has 32 heavy (non-hydrogen) atoms. The van der Waals surface area contributed by atoms with Gasteiger partial charge in [-0.1, -0.05) is 0 Å². The highest BCUT2D eigenvalue weighted by atomic mass is 19.1. The molecule has 10 heteroatoms. The number of H-pyrrole nitrogens is 1. The van der Waals surface area contributed by atoms with E-state index in [4.69, 9.17) is 4.74 Å². The molecule has 2 N–H and O–H groups in total. The van der Waals surface area contributed by atoms with E-state index in [0.29, 0.717) is 60.7 Å². The van der Waals surface area contributed by atoms with Crippen LogP contribution in [0.3, 0.4) is 0 Å². The van der Waals surface area contributed by atoms with Crippen molar-refractivity contribution in [1.29, 1.82) is 0 Å². The van der Waals surface area contributed by atoms with Gasteiger partial charge in [-0.15, -0.1) is 0 Å². The van der Waals surface area contributed by atoms with Crippen molar-refractivity contribution in [3.8, 4) is 5.69 Å². The number of nitrogens with zero attached hydrogens (tertiary/aromatic N) is 4. The van der Waals surface area contributed by atoms with Crippen molar-refractivity contribution in [2.24, 2.45) is 0 Å². The van der Waals surface area contributed by atoms with Crippen LogP contribution in [0.25, 0.3) is 5.69 Å². The summed E-state index contributed by atoms with van der Waals surface area (Å²) < 4.78 is 20.1. The Morgan fingerprint density at radius 1 is 1.22 bits per heavy atom. The molecule has 0 aliphatic carbocycles. The van der Waals surface area contributed by atoms with Crippen LogP contribution in [-0.4, -0.2) is 52.0 Å². The molecule has 168 valence electrons. The number of carbonyl (C=O) groups is 1. The number of nitrogens with one attached hydrogen (secondary N) is 2. The zero-order valence-corrected chi connectivity index (χ0v) is 18.0. The molecule has 3 aromatic rings. The van der Waals surface area contributed by atoms with Crippen molar-refractivity contribution in [2.75, 3.05) is 36.5 Å². The maximum Gasteiger partial charge on any atom is 0.255 e. The number of aryl methyl sites for hydroxylation is 2. The second-order valence-corrected chi connectivity index (χ2v) is 7.66. The van der Waals surface area contributed by atoms with Gasteiger partial charge in [0.2, 0.25) is 11.9 Å². The topological polar surface area (TPSA) is 105 Å². The van der Waals surface area contributed by atoms with E-state index >= 15 is 0 Å². The Hall–Kier alpha value is -3.53. The van der Waals surface area contributed by atoms with Crippen molar-refractivity contribution in [2.45, 2.75) is 26.7 Å². The molecule has 1 aliphatic heterocycles. The summed E-state index contributed by atoms with van der Waals surface area (Å²) in [5.41, 5.74) is 2.19. The van der Waals surface area contributed by atoms with Gasteiger partial charge in [-0.2, -0.15) is 5.10 Å². The van der Waals surface area contributed by atoms with E-state index in [2.05, 4.69) is 20.4 Å². The molecule has 1 aromatic carbocycles. The lowest BCUT2D eigenvalue weighted by molar-refractivity contribution is -0.116. The van der Waals surface area contributed by atoms with Crippen molar-refractivity contribution < 1.29 is 13.9 Å². The van der Waals surface area contributed by atoms with Crippen LogP contribution >= 0.6 is 0 Å². The summed E-state index contributed by atoms with van der Waals surface area (Å²) in [6, 6.07) is 7.57. The fraction of sp³-hybridized carbons (Fsp3) is 0.364. The largest absolute Gasteiger partial charge is 0.378 e. The molecule has 0 bridgehead atoms. The number of carbonyl (C=O) groups excluding carboxylic acids is 1. The summed E-state index contributed by atoms with van der Waals surface area (Å²) in [4.78, 5) is 34.5. The zero-order valence-electron chi connectivity index (χ0n) is 18.0. The molecule has 1 amide bonds. The fourth-order valence-corrected chi connectivity index (χ4v) is 3.63. The monoisotopic (exact) mass is 440 g/mol. The molecule has 1 aliphatic rings. The molecule has 4 rings (SSSR count). The molecule has 3 heterocycles. The Labute approximate surface area is 184 Å². The maximum absolute atomic E-state index is 13.2. The molecular weight excluding hydrogens is 415 g/mol. The summed E-state index contributed by atoms with van der Waals surface area (Å²) in [7, 11) is 0. The van der Waals surface area contributed by atoms with Crippen molar-refractivity contribution in [1.82, 2.24) is 19.7 Å². The smallest absolute Gasteiger partial charge is 0.255 e. The quantitative estimate of drug-likeness (QED) is 0.608. The number of rotatable bonds is 6. The summed E-state index contributed by atoms with van der Waals surface area (Å²) in [6.45, 7) is 6.12. The molecule has 1 fully saturated rings. The Kier molecular flexibility index (Phi) is 6.31. The number of hydrogen-bond acceptors (Lipinski definition) is 6. The van der Waals surface area contributed by atoms with Crippen molar-refractivity contribution in [3.63, 3.8) is 0 Å². The minimum absolute atomic E-state index is 0.107. The van der Waals surface area contributed by atoms with Gasteiger partial charge in [0, 0.05) is 36.8 Å². The molecule has 1 saturated heterocycles. The van der Waals surface area contributed by atoms with Gasteiger partial charge in [-0.3, -0.25) is 14.6 Å². The first kappa shape index (κ1) is 21.7. The van der Waals surface area contributed by atoms with E-state index in [9.17, 15) is 14.0 Å². The number of aromatic amines is 1. The second-order valence-electron chi connectivity index (χ2n) is 7.66. The van der Waals surface area contributed by atoms with Gasteiger partial charge in [0.1, 0.15) is 11.6 Å². The Morgan fingerprint density at radius 3 is 2.62 bits per heavy atom. The van der Waals surface area contributed by atoms with Crippen LogP contribution in [0.4, 0.5) is 16.2 Å². The third-order valence-electron chi connectivity index (χ3n) is 5.29. The Bertz CT molecular complexity index is 1170. The van der Waals surface area contributed by atoms with Crippen LogP contribution in [0.1, 0.15) is 23.4 Å². The number of morpholine rings is 1. The fourth-order valence-electron chi connectivity index (χ4n) is 3.63. The lowest BCUT2D eigenvalue weighted by atomic mass is 10.1. The van der Waals surface area contributed by atoms with Crippen LogP contribution in [-0.2, 0) is 16.0 Å².